The van der Waals surface area contributed by atoms with E-state index in [0.717, 1.165) is 70.0 Å². The van der Waals surface area contributed by atoms with Crippen LogP contribution in [0.25, 0.3) is 0 Å². The Hall–Kier alpha value is -1.54. The number of benzene rings is 1. The Balaban J connectivity index is 1.21. The minimum absolute atomic E-state index is 0.177. The third-order valence-electron chi connectivity index (χ3n) is 5.72. The third kappa shape index (κ3) is 4.54. The van der Waals surface area contributed by atoms with Gasteiger partial charge in [0.15, 0.2) is 0 Å². The molecule has 152 valence electrons. The number of nitrogens with zero attached hydrogens (tertiary/aromatic N) is 4. The van der Waals surface area contributed by atoms with E-state index in [1.807, 2.05) is 29.9 Å². The van der Waals surface area contributed by atoms with Crippen molar-refractivity contribution in [1.82, 2.24) is 13.8 Å². The van der Waals surface area contributed by atoms with Crippen molar-refractivity contribution >= 4 is 17.6 Å². The van der Waals surface area contributed by atoms with Crippen LogP contribution in [-0.2, 0) is 7.05 Å². The molecule has 1 saturated heterocycles. The van der Waals surface area contributed by atoms with Crippen molar-refractivity contribution in [3.8, 4) is 0 Å². The molecule has 1 N–H and O–H groups in total. The average Bonchev–Trinajstić information content (AvgIpc) is 2.98. The third-order valence-corrected chi connectivity index (χ3v) is 6.89. The molecule has 2 aliphatic heterocycles. The van der Waals surface area contributed by atoms with Crippen molar-refractivity contribution in [2.45, 2.75) is 23.8 Å². The lowest BCUT2D eigenvalue weighted by Crippen LogP contribution is -2.47. The Labute approximate surface area is 170 Å². The van der Waals surface area contributed by atoms with E-state index >= 15 is 0 Å². The molecule has 2 aromatic rings. The quantitative estimate of drug-likeness (QED) is 0.775. The number of rotatable bonds is 5. The zero-order valence-electron chi connectivity index (χ0n) is 16.4. The van der Waals surface area contributed by atoms with Gasteiger partial charge in [-0.1, -0.05) is 0 Å². The second kappa shape index (κ2) is 8.86. The topological polar surface area (TPSA) is 34.9 Å². The van der Waals surface area contributed by atoms with E-state index in [0.29, 0.717) is 0 Å². The Bertz CT molecular complexity index is 773. The van der Waals surface area contributed by atoms with Crippen molar-refractivity contribution in [2.24, 2.45) is 7.05 Å². The molecule has 0 bridgehead atoms. The standard InChI is InChI=1S/C21H29FN4OS/c1-23-11-8-20-21(23)19(27)7-12-26(28-20)10-2-9-24-13-15-25(16-14-24)18-5-3-17(22)4-6-18/h3-6,8,11,19,27H,2,7,9-10,12-16H2,1H3. The van der Waals surface area contributed by atoms with Gasteiger partial charge in [-0.05, 0) is 61.7 Å². The molecule has 1 unspecified atom stereocenters. The van der Waals surface area contributed by atoms with E-state index in [1.54, 1.807) is 11.9 Å². The lowest BCUT2D eigenvalue weighted by Gasteiger charge is -2.36. The summed E-state index contributed by atoms with van der Waals surface area (Å²) in [6.07, 6.45) is 3.58. The van der Waals surface area contributed by atoms with Crippen LogP contribution >= 0.6 is 11.9 Å². The number of halogens is 1. The van der Waals surface area contributed by atoms with Gasteiger partial charge in [0, 0.05) is 63.1 Å². The normalized spacial score (nSPS) is 21.5. The van der Waals surface area contributed by atoms with E-state index in [2.05, 4.69) is 20.2 Å². The van der Waals surface area contributed by atoms with Crippen LogP contribution in [0.2, 0.25) is 0 Å². The molecule has 0 spiro atoms. The number of piperazine rings is 1. The summed E-state index contributed by atoms with van der Waals surface area (Å²) >= 11 is 1.78. The summed E-state index contributed by atoms with van der Waals surface area (Å²) in [5.74, 6) is -0.177. The SMILES string of the molecule is Cn1ccc2c1C(O)CCN(CCCN1CCN(c3ccc(F)cc3)CC1)S2. The lowest BCUT2D eigenvalue weighted by molar-refractivity contribution is 0.151. The van der Waals surface area contributed by atoms with Gasteiger partial charge in [-0.3, -0.25) is 4.90 Å². The van der Waals surface area contributed by atoms with Gasteiger partial charge in [0.05, 0.1) is 11.8 Å². The Morgan fingerprint density at radius 1 is 1.04 bits per heavy atom. The predicted molar refractivity (Wildman–Crippen MR) is 112 cm³/mol. The van der Waals surface area contributed by atoms with Gasteiger partial charge >= 0.3 is 0 Å². The summed E-state index contributed by atoms with van der Waals surface area (Å²) < 4.78 is 17.5. The molecule has 3 heterocycles. The van der Waals surface area contributed by atoms with Crippen molar-refractivity contribution in [3.63, 3.8) is 0 Å². The van der Waals surface area contributed by atoms with E-state index in [4.69, 9.17) is 0 Å². The number of hydrogen-bond acceptors (Lipinski definition) is 5. The predicted octanol–water partition coefficient (Wildman–Crippen LogP) is 3.12. The maximum Gasteiger partial charge on any atom is 0.123 e. The zero-order chi connectivity index (χ0) is 19.5. The van der Waals surface area contributed by atoms with Crippen LogP contribution in [0.5, 0.6) is 0 Å². The number of aliphatic hydroxyl groups is 1. The van der Waals surface area contributed by atoms with Crippen LogP contribution in [0.15, 0.2) is 41.4 Å². The van der Waals surface area contributed by atoms with Gasteiger partial charge in [0.25, 0.3) is 0 Å². The van der Waals surface area contributed by atoms with E-state index in [9.17, 15) is 9.50 Å². The zero-order valence-corrected chi connectivity index (χ0v) is 17.2. The van der Waals surface area contributed by atoms with Gasteiger partial charge < -0.3 is 14.6 Å². The van der Waals surface area contributed by atoms with Crippen LogP contribution in [0.1, 0.15) is 24.6 Å². The first-order valence-electron chi connectivity index (χ1n) is 10.1. The van der Waals surface area contributed by atoms with Gasteiger partial charge in [0.2, 0.25) is 0 Å². The molecule has 1 aromatic heterocycles. The number of anilines is 1. The lowest BCUT2D eigenvalue weighted by atomic mass is 10.2. The number of aliphatic hydroxyl groups excluding tert-OH is 1. The van der Waals surface area contributed by atoms with E-state index in [1.165, 1.54) is 17.0 Å². The summed E-state index contributed by atoms with van der Waals surface area (Å²) in [4.78, 5) is 6.03. The maximum atomic E-state index is 13.1. The monoisotopic (exact) mass is 404 g/mol. The van der Waals surface area contributed by atoms with Crippen molar-refractivity contribution in [2.75, 3.05) is 50.7 Å². The number of hydrogen-bond donors (Lipinski definition) is 1. The highest BCUT2D eigenvalue weighted by atomic mass is 32.2. The van der Waals surface area contributed by atoms with Gasteiger partial charge in [-0.15, -0.1) is 0 Å². The molecule has 28 heavy (non-hydrogen) atoms. The number of aromatic nitrogens is 1. The molecular weight excluding hydrogens is 375 g/mol. The average molecular weight is 405 g/mol. The number of aryl methyl sites for hydroxylation is 1. The molecule has 2 aliphatic rings. The summed E-state index contributed by atoms with van der Waals surface area (Å²) in [5, 5.41) is 10.4. The highest BCUT2D eigenvalue weighted by Crippen LogP contribution is 2.36. The molecule has 4 rings (SSSR count). The van der Waals surface area contributed by atoms with Crippen LogP contribution in [0.3, 0.4) is 0 Å². The molecule has 7 heteroatoms. The van der Waals surface area contributed by atoms with Crippen LogP contribution in [-0.4, -0.2) is 64.7 Å². The molecule has 0 amide bonds. The minimum atomic E-state index is -0.368. The molecule has 0 radical (unpaired) electrons. The smallest absolute Gasteiger partial charge is 0.123 e. The molecule has 0 saturated carbocycles. The first kappa shape index (κ1) is 19.8. The molecular formula is C21H29FN4OS. The summed E-state index contributed by atoms with van der Waals surface area (Å²) in [6, 6.07) is 8.92. The fourth-order valence-corrected chi connectivity index (χ4v) is 5.28. The first-order chi connectivity index (χ1) is 13.6. The molecule has 1 fully saturated rings. The number of fused-ring (bicyclic) bond motifs is 1. The fourth-order valence-electron chi connectivity index (χ4n) is 4.09. The van der Waals surface area contributed by atoms with E-state index in [-0.39, 0.29) is 11.9 Å². The Morgan fingerprint density at radius 3 is 2.54 bits per heavy atom. The largest absolute Gasteiger partial charge is 0.387 e. The first-order valence-corrected chi connectivity index (χ1v) is 10.9. The maximum absolute atomic E-state index is 13.1. The van der Waals surface area contributed by atoms with Gasteiger partial charge in [0.1, 0.15) is 5.82 Å². The molecule has 5 nitrogen and oxygen atoms in total. The molecule has 0 aliphatic carbocycles. The summed E-state index contributed by atoms with van der Waals surface area (Å²) in [6.45, 7) is 7.12. The molecule has 1 aromatic carbocycles. The second-order valence-electron chi connectivity index (χ2n) is 7.66. The Kier molecular flexibility index (Phi) is 6.25. The van der Waals surface area contributed by atoms with Gasteiger partial charge in [-0.25, -0.2) is 8.70 Å². The van der Waals surface area contributed by atoms with Crippen LogP contribution in [0.4, 0.5) is 10.1 Å². The van der Waals surface area contributed by atoms with Crippen molar-refractivity contribution < 1.29 is 9.50 Å². The highest BCUT2D eigenvalue weighted by Gasteiger charge is 2.24. The molecule has 1 atom stereocenters. The Morgan fingerprint density at radius 2 is 1.79 bits per heavy atom. The minimum Gasteiger partial charge on any atom is -0.387 e. The van der Waals surface area contributed by atoms with Crippen LogP contribution < -0.4 is 4.90 Å². The van der Waals surface area contributed by atoms with Gasteiger partial charge in [-0.2, -0.15) is 0 Å². The van der Waals surface area contributed by atoms with Crippen molar-refractivity contribution in [1.29, 1.82) is 0 Å². The summed E-state index contributed by atoms with van der Waals surface area (Å²) in [5.41, 5.74) is 2.16. The van der Waals surface area contributed by atoms with Crippen molar-refractivity contribution in [3.05, 3.63) is 48.0 Å². The van der Waals surface area contributed by atoms with Crippen LogP contribution in [0, 0.1) is 5.82 Å². The fraction of sp³-hybridized carbons (Fsp3) is 0.524. The summed E-state index contributed by atoms with van der Waals surface area (Å²) in [7, 11) is 2.00. The second-order valence-corrected chi connectivity index (χ2v) is 8.80. The highest BCUT2D eigenvalue weighted by molar-refractivity contribution is 7.97. The van der Waals surface area contributed by atoms with E-state index < -0.39 is 0 Å².